The highest BCUT2D eigenvalue weighted by atomic mass is 79.9. The number of hydrogen-bond donors (Lipinski definition) is 0. The van der Waals surface area contributed by atoms with E-state index >= 15 is 0 Å². The van der Waals surface area contributed by atoms with Gasteiger partial charge >= 0.3 is 0 Å². The van der Waals surface area contributed by atoms with Crippen LogP contribution in [0.1, 0.15) is 6.92 Å². The molecule has 1 aliphatic rings. The SMILES string of the molecule is CCN1CCN(Cn2nc(-c3ccc(Br)cc3)oc2=S)CC1. The number of halogens is 1. The van der Waals surface area contributed by atoms with Gasteiger partial charge in [-0.1, -0.05) is 22.9 Å². The summed E-state index contributed by atoms with van der Waals surface area (Å²) < 4.78 is 8.44. The maximum absolute atomic E-state index is 5.64. The highest BCUT2D eigenvalue weighted by Gasteiger charge is 2.17. The molecule has 0 N–H and O–H groups in total. The lowest BCUT2D eigenvalue weighted by atomic mass is 10.2. The van der Waals surface area contributed by atoms with Crippen molar-refractivity contribution in [2.45, 2.75) is 13.6 Å². The van der Waals surface area contributed by atoms with Crippen molar-refractivity contribution < 1.29 is 4.42 Å². The Morgan fingerprint density at radius 1 is 1.14 bits per heavy atom. The molecule has 0 bridgehead atoms. The third kappa shape index (κ3) is 3.65. The Kier molecular flexibility index (Phi) is 5.07. The maximum atomic E-state index is 5.64. The summed E-state index contributed by atoms with van der Waals surface area (Å²) in [5.41, 5.74) is 0.934. The molecule has 1 fully saturated rings. The predicted molar refractivity (Wildman–Crippen MR) is 92.2 cm³/mol. The number of aromatic nitrogens is 2. The monoisotopic (exact) mass is 382 g/mol. The van der Waals surface area contributed by atoms with Gasteiger partial charge in [0.2, 0.25) is 5.89 Å². The second-order valence-corrected chi connectivity index (χ2v) is 6.64. The molecule has 2 aromatic rings. The zero-order valence-corrected chi connectivity index (χ0v) is 14.9. The van der Waals surface area contributed by atoms with Crippen LogP contribution in [-0.4, -0.2) is 52.3 Å². The maximum Gasteiger partial charge on any atom is 0.288 e. The molecule has 1 aromatic heterocycles. The Balaban J connectivity index is 1.70. The molecular formula is C15H19BrN4OS. The van der Waals surface area contributed by atoms with E-state index in [4.69, 9.17) is 16.6 Å². The van der Waals surface area contributed by atoms with Gasteiger partial charge in [-0.15, -0.1) is 5.10 Å². The topological polar surface area (TPSA) is 37.4 Å². The van der Waals surface area contributed by atoms with Crippen molar-refractivity contribution >= 4 is 28.1 Å². The van der Waals surface area contributed by atoms with Crippen LogP contribution >= 0.6 is 28.1 Å². The first-order chi connectivity index (χ1) is 10.7. The van der Waals surface area contributed by atoms with Crippen LogP contribution in [-0.2, 0) is 6.67 Å². The highest BCUT2D eigenvalue weighted by molar-refractivity contribution is 9.10. The average molecular weight is 383 g/mol. The first kappa shape index (κ1) is 15.9. The number of nitrogens with zero attached hydrogens (tertiary/aromatic N) is 4. The summed E-state index contributed by atoms with van der Waals surface area (Å²) in [6.07, 6.45) is 0. The first-order valence-corrected chi connectivity index (χ1v) is 8.64. The molecule has 5 nitrogen and oxygen atoms in total. The Bertz CT molecular complexity index is 674. The van der Waals surface area contributed by atoms with Crippen LogP contribution in [0.25, 0.3) is 11.5 Å². The molecule has 0 aliphatic carbocycles. The third-order valence-electron chi connectivity index (χ3n) is 3.94. The van der Waals surface area contributed by atoms with Crippen molar-refractivity contribution in [1.82, 2.24) is 19.6 Å². The van der Waals surface area contributed by atoms with Crippen molar-refractivity contribution in [2.75, 3.05) is 32.7 Å². The van der Waals surface area contributed by atoms with E-state index in [1.165, 1.54) is 0 Å². The Labute approximate surface area is 143 Å². The molecule has 0 amide bonds. The van der Waals surface area contributed by atoms with E-state index < -0.39 is 0 Å². The van der Waals surface area contributed by atoms with Crippen LogP contribution in [0, 0.1) is 4.84 Å². The number of hydrogen-bond acceptors (Lipinski definition) is 5. The molecule has 1 aromatic carbocycles. The Hall–Kier alpha value is -1.02. The van der Waals surface area contributed by atoms with E-state index in [2.05, 4.69) is 37.8 Å². The molecule has 118 valence electrons. The molecule has 0 unspecified atom stereocenters. The number of benzene rings is 1. The molecule has 22 heavy (non-hydrogen) atoms. The van der Waals surface area contributed by atoms with Crippen molar-refractivity contribution in [3.8, 4) is 11.5 Å². The molecule has 0 radical (unpaired) electrons. The van der Waals surface area contributed by atoms with Crippen LogP contribution in [0.3, 0.4) is 0 Å². The van der Waals surface area contributed by atoms with E-state index in [1.54, 1.807) is 4.68 Å². The molecule has 0 atom stereocenters. The number of likely N-dealkylation sites (N-methyl/N-ethyl adjacent to an activating group) is 1. The van der Waals surface area contributed by atoms with Crippen molar-refractivity contribution in [2.24, 2.45) is 0 Å². The standard InChI is InChI=1S/C15H19BrN4OS/c1-2-18-7-9-19(10-8-18)11-20-15(22)21-14(17-20)12-3-5-13(16)6-4-12/h3-6H,2,7-11H2,1H3. The van der Waals surface area contributed by atoms with Gasteiger partial charge in [0.25, 0.3) is 4.84 Å². The summed E-state index contributed by atoms with van der Waals surface area (Å²) in [7, 11) is 0. The highest BCUT2D eigenvalue weighted by Crippen LogP contribution is 2.20. The van der Waals surface area contributed by atoms with Crippen LogP contribution in [0.15, 0.2) is 33.2 Å². The van der Waals surface area contributed by atoms with Crippen molar-refractivity contribution in [3.63, 3.8) is 0 Å². The lowest BCUT2D eigenvalue weighted by molar-refractivity contribution is 0.105. The summed E-state index contributed by atoms with van der Waals surface area (Å²) in [5, 5.41) is 4.52. The molecule has 0 saturated carbocycles. The molecular weight excluding hydrogens is 364 g/mol. The summed E-state index contributed by atoms with van der Waals surface area (Å²) in [6, 6.07) is 7.87. The van der Waals surface area contributed by atoms with E-state index in [9.17, 15) is 0 Å². The quantitative estimate of drug-likeness (QED) is 0.758. The van der Waals surface area contributed by atoms with Crippen LogP contribution in [0.2, 0.25) is 0 Å². The minimum absolute atomic E-state index is 0.427. The molecule has 7 heteroatoms. The lowest BCUT2D eigenvalue weighted by Gasteiger charge is -2.33. The summed E-state index contributed by atoms with van der Waals surface area (Å²) >= 11 is 8.73. The zero-order chi connectivity index (χ0) is 15.5. The second-order valence-electron chi connectivity index (χ2n) is 5.37. The normalized spacial score (nSPS) is 17.0. The minimum Gasteiger partial charge on any atom is -0.409 e. The largest absolute Gasteiger partial charge is 0.409 e. The van der Waals surface area contributed by atoms with Gasteiger partial charge in [0, 0.05) is 36.2 Å². The van der Waals surface area contributed by atoms with Gasteiger partial charge in [-0.2, -0.15) is 0 Å². The molecule has 2 heterocycles. The fraction of sp³-hybridized carbons (Fsp3) is 0.467. The zero-order valence-electron chi connectivity index (χ0n) is 12.5. The summed E-state index contributed by atoms with van der Waals surface area (Å²) in [6.45, 7) is 8.28. The second kappa shape index (κ2) is 7.04. The van der Waals surface area contributed by atoms with Gasteiger partial charge in [-0.3, -0.25) is 4.90 Å². The molecule has 1 saturated heterocycles. The number of piperazine rings is 1. The van der Waals surface area contributed by atoms with Gasteiger partial charge in [0.15, 0.2) is 0 Å². The van der Waals surface area contributed by atoms with Gasteiger partial charge in [-0.25, -0.2) is 4.68 Å². The predicted octanol–water partition coefficient (Wildman–Crippen LogP) is 3.23. The van der Waals surface area contributed by atoms with Gasteiger partial charge in [-0.05, 0) is 43.0 Å². The van der Waals surface area contributed by atoms with Crippen LogP contribution in [0.5, 0.6) is 0 Å². The third-order valence-corrected chi connectivity index (χ3v) is 4.77. The van der Waals surface area contributed by atoms with Gasteiger partial charge in [0.05, 0.1) is 6.67 Å². The van der Waals surface area contributed by atoms with E-state index in [0.29, 0.717) is 17.4 Å². The fourth-order valence-corrected chi connectivity index (χ4v) is 2.98. The molecule has 3 rings (SSSR count). The minimum atomic E-state index is 0.427. The Morgan fingerprint density at radius 2 is 1.77 bits per heavy atom. The molecule has 1 aliphatic heterocycles. The smallest absolute Gasteiger partial charge is 0.288 e. The molecule has 0 spiro atoms. The lowest BCUT2D eigenvalue weighted by Crippen LogP contribution is -2.46. The fourth-order valence-electron chi connectivity index (χ4n) is 2.54. The van der Waals surface area contributed by atoms with Gasteiger partial charge in [0.1, 0.15) is 0 Å². The summed E-state index contributed by atoms with van der Waals surface area (Å²) in [5.74, 6) is 0.574. The van der Waals surface area contributed by atoms with Crippen molar-refractivity contribution in [3.05, 3.63) is 33.6 Å². The van der Waals surface area contributed by atoms with E-state index in [-0.39, 0.29) is 0 Å². The summed E-state index contributed by atoms with van der Waals surface area (Å²) in [4.78, 5) is 5.23. The van der Waals surface area contributed by atoms with Crippen LogP contribution in [0.4, 0.5) is 0 Å². The van der Waals surface area contributed by atoms with Gasteiger partial charge < -0.3 is 9.32 Å². The Morgan fingerprint density at radius 3 is 2.41 bits per heavy atom. The first-order valence-electron chi connectivity index (χ1n) is 7.44. The average Bonchev–Trinajstić information content (AvgIpc) is 2.90. The van der Waals surface area contributed by atoms with Crippen LogP contribution < -0.4 is 0 Å². The van der Waals surface area contributed by atoms with E-state index in [0.717, 1.165) is 42.8 Å². The van der Waals surface area contributed by atoms with Crippen molar-refractivity contribution in [1.29, 1.82) is 0 Å². The number of rotatable bonds is 4. The van der Waals surface area contributed by atoms with E-state index in [1.807, 2.05) is 24.3 Å².